The fourth-order valence-electron chi connectivity index (χ4n) is 1.45. The topological polar surface area (TPSA) is 0 Å². The molecule has 1 aliphatic carbocycles. The normalized spacial score (nSPS) is 15.5. The van der Waals surface area contributed by atoms with Crippen LogP contribution < -0.4 is 0 Å². The van der Waals surface area contributed by atoms with Crippen LogP contribution in [0.25, 0.3) is 0 Å². The summed E-state index contributed by atoms with van der Waals surface area (Å²) in [4.78, 5) is 0. The third kappa shape index (κ3) is 3.41. The first-order valence-electron chi connectivity index (χ1n) is 4.79. The summed E-state index contributed by atoms with van der Waals surface area (Å²) in [6.45, 7) is 2.26. The number of rotatable bonds is 5. The fraction of sp³-hybridized carbons (Fsp3) is 0.636. The second-order valence-corrected chi connectivity index (χ2v) is 3.23. The number of unbranched alkanes of at least 4 members (excludes halogenated alkanes) is 3. The van der Waals surface area contributed by atoms with Gasteiger partial charge in [-0.15, -0.1) is 0 Å². The van der Waals surface area contributed by atoms with Gasteiger partial charge in [0, 0.05) is 0 Å². The Kier molecular flexibility index (Phi) is 4.03. The van der Waals surface area contributed by atoms with Gasteiger partial charge in [0.25, 0.3) is 0 Å². The molecule has 0 saturated carbocycles. The Morgan fingerprint density at radius 3 is 2.82 bits per heavy atom. The monoisotopic (exact) mass is 150 g/mol. The average molecular weight is 150 g/mol. The molecular formula is C11H18. The Morgan fingerprint density at radius 2 is 2.18 bits per heavy atom. The highest BCUT2D eigenvalue weighted by Gasteiger charge is 1.96. The van der Waals surface area contributed by atoms with Crippen LogP contribution in [0.1, 0.15) is 45.4 Å². The molecule has 0 heteroatoms. The second kappa shape index (κ2) is 5.17. The molecule has 1 aliphatic rings. The van der Waals surface area contributed by atoms with Crippen LogP contribution in [-0.2, 0) is 0 Å². The van der Waals surface area contributed by atoms with Crippen LogP contribution in [0.15, 0.2) is 23.8 Å². The Balaban J connectivity index is 1.99. The summed E-state index contributed by atoms with van der Waals surface area (Å²) in [6.07, 6.45) is 14.9. The van der Waals surface area contributed by atoms with Crippen LogP contribution in [0.4, 0.5) is 0 Å². The van der Waals surface area contributed by atoms with Crippen LogP contribution in [-0.4, -0.2) is 0 Å². The van der Waals surface area contributed by atoms with Crippen molar-refractivity contribution in [3.8, 4) is 0 Å². The van der Waals surface area contributed by atoms with E-state index >= 15 is 0 Å². The molecule has 0 aromatic heterocycles. The molecule has 0 aliphatic heterocycles. The molecule has 62 valence electrons. The van der Waals surface area contributed by atoms with Gasteiger partial charge in [-0.1, -0.05) is 50.0 Å². The molecule has 0 atom stereocenters. The lowest BCUT2D eigenvalue weighted by Crippen LogP contribution is -1.78. The zero-order chi connectivity index (χ0) is 7.94. The second-order valence-electron chi connectivity index (χ2n) is 3.23. The lowest BCUT2D eigenvalue weighted by molar-refractivity contribution is 0.668. The minimum absolute atomic E-state index is 1.17. The molecule has 0 unspecified atom stereocenters. The standard InChI is InChI=1S/C11H18/c1-2-3-4-5-8-11-9-6-7-10-11/h6,9-10H,2-5,7-8H2,1H3. The van der Waals surface area contributed by atoms with Gasteiger partial charge < -0.3 is 0 Å². The zero-order valence-electron chi connectivity index (χ0n) is 7.47. The van der Waals surface area contributed by atoms with E-state index in [4.69, 9.17) is 0 Å². The first-order chi connectivity index (χ1) is 5.43. The van der Waals surface area contributed by atoms with E-state index in [2.05, 4.69) is 25.2 Å². The lowest BCUT2D eigenvalue weighted by atomic mass is 10.1. The molecule has 0 amide bonds. The summed E-state index contributed by atoms with van der Waals surface area (Å²) in [6, 6.07) is 0. The molecular weight excluding hydrogens is 132 g/mol. The summed E-state index contributed by atoms with van der Waals surface area (Å²) < 4.78 is 0. The molecule has 0 aromatic rings. The fourth-order valence-corrected chi connectivity index (χ4v) is 1.45. The molecule has 0 heterocycles. The highest BCUT2D eigenvalue weighted by atomic mass is 14.0. The number of hydrogen-bond donors (Lipinski definition) is 0. The summed E-state index contributed by atoms with van der Waals surface area (Å²) in [5, 5.41) is 0. The smallest absolute Gasteiger partial charge is 0.0160 e. The summed E-state index contributed by atoms with van der Waals surface area (Å²) in [5.74, 6) is 0. The third-order valence-corrected chi connectivity index (χ3v) is 2.17. The van der Waals surface area contributed by atoms with Crippen molar-refractivity contribution in [1.82, 2.24) is 0 Å². The van der Waals surface area contributed by atoms with Crippen molar-refractivity contribution in [2.75, 3.05) is 0 Å². The van der Waals surface area contributed by atoms with Crippen LogP contribution in [0.2, 0.25) is 0 Å². The largest absolute Gasteiger partial charge is 0.0805 e. The molecule has 0 radical (unpaired) electrons. The summed E-state index contributed by atoms with van der Waals surface area (Å²) in [7, 11) is 0. The molecule has 0 saturated heterocycles. The van der Waals surface area contributed by atoms with Crippen molar-refractivity contribution in [1.29, 1.82) is 0 Å². The predicted octanol–water partition coefficient (Wildman–Crippen LogP) is 3.84. The van der Waals surface area contributed by atoms with E-state index in [1.54, 1.807) is 5.57 Å². The average Bonchev–Trinajstić information content (AvgIpc) is 2.50. The highest BCUT2D eigenvalue weighted by molar-refractivity contribution is 5.25. The first-order valence-corrected chi connectivity index (χ1v) is 4.79. The van der Waals surface area contributed by atoms with E-state index < -0.39 is 0 Å². The molecule has 11 heavy (non-hydrogen) atoms. The van der Waals surface area contributed by atoms with Gasteiger partial charge in [0.15, 0.2) is 0 Å². The van der Waals surface area contributed by atoms with E-state index in [0.29, 0.717) is 0 Å². The van der Waals surface area contributed by atoms with Crippen molar-refractivity contribution in [3.05, 3.63) is 23.8 Å². The van der Waals surface area contributed by atoms with Crippen LogP contribution >= 0.6 is 0 Å². The highest BCUT2D eigenvalue weighted by Crippen LogP contribution is 2.16. The van der Waals surface area contributed by atoms with E-state index in [-0.39, 0.29) is 0 Å². The molecule has 0 nitrogen and oxygen atoms in total. The Labute approximate surface area is 70.0 Å². The van der Waals surface area contributed by atoms with Gasteiger partial charge in [0.05, 0.1) is 0 Å². The van der Waals surface area contributed by atoms with Gasteiger partial charge in [0.2, 0.25) is 0 Å². The van der Waals surface area contributed by atoms with Crippen LogP contribution in [0.3, 0.4) is 0 Å². The van der Waals surface area contributed by atoms with E-state index in [0.717, 1.165) is 0 Å². The van der Waals surface area contributed by atoms with Crippen molar-refractivity contribution in [2.45, 2.75) is 45.4 Å². The van der Waals surface area contributed by atoms with Crippen molar-refractivity contribution < 1.29 is 0 Å². The predicted molar refractivity (Wildman–Crippen MR) is 50.6 cm³/mol. The SMILES string of the molecule is CCCCCCC1=CCC=C1. The Hall–Kier alpha value is -0.520. The summed E-state index contributed by atoms with van der Waals surface area (Å²) in [5.41, 5.74) is 1.56. The molecule has 0 bridgehead atoms. The van der Waals surface area contributed by atoms with Crippen LogP contribution in [0.5, 0.6) is 0 Å². The van der Waals surface area contributed by atoms with Crippen molar-refractivity contribution in [2.24, 2.45) is 0 Å². The van der Waals surface area contributed by atoms with Gasteiger partial charge in [-0.2, -0.15) is 0 Å². The zero-order valence-corrected chi connectivity index (χ0v) is 7.47. The van der Waals surface area contributed by atoms with Crippen molar-refractivity contribution >= 4 is 0 Å². The van der Waals surface area contributed by atoms with Crippen molar-refractivity contribution in [3.63, 3.8) is 0 Å². The minimum Gasteiger partial charge on any atom is -0.0805 e. The third-order valence-electron chi connectivity index (χ3n) is 2.17. The molecule has 0 N–H and O–H groups in total. The Morgan fingerprint density at radius 1 is 1.27 bits per heavy atom. The van der Waals surface area contributed by atoms with E-state index in [1.807, 2.05) is 0 Å². The first kappa shape index (κ1) is 8.58. The quantitative estimate of drug-likeness (QED) is 0.522. The van der Waals surface area contributed by atoms with Gasteiger partial charge in [-0.05, 0) is 19.3 Å². The van der Waals surface area contributed by atoms with E-state index in [1.165, 1.54) is 38.5 Å². The maximum Gasteiger partial charge on any atom is -0.0160 e. The summed E-state index contributed by atoms with van der Waals surface area (Å²) >= 11 is 0. The van der Waals surface area contributed by atoms with Crippen LogP contribution in [0, 0.1) is 0 Å². The molecule has 0 spiro atoms. The van der Waals surface area contributed by atoms with E-state index in [9.17, 15) is 0 Å². The van der Waals surface area contributed by atoms with Gasteiger partial charge in [-0.25, -0.2) is 0 Å². The lowest BCUT2D eigenvalue weighted by Gasteiger charge is -1.98. The maximum atomic E-state index is 2.34. The molecule has 0 aromatic carbocycles. The van der Waals surface area contributed by atoms with Gasteiger partial charge in [0.1, 0.15) is 0 Å². The molecule has 0 fully saturated rings. The van der Waals surface area contributed by atoms with Gasteiger partial charge >= 0.3 is 0 Å². The van der Waals surface area contributed by atoms with Gasteiger partial charge in [-0.3, -0.25) is 0 Å². The number of hydrogen-bond acceptors (Lipinski definition) is 0. The molecule has 1 rings (SSSR count). The Bertz CT molecular complexity index is 151. The number of allylic oxidation sites excluding steroid dienone is 4. The minimum atomic E-state index is 1.17. The maximum absolute atomic E-state index is 2.34.